The Bertz CT molecular complexity index is 684. The molecular weight excluding hydrogens is 298 g/mol. The fraction of sp³-hybridized carbons (Fsp3) is 0.562. The van der Waals surface area contributed by atoms with Crippen molar-refractivity contribution in [3.8, 4) is 6.07 Å². The second kappa shape index (κ2) is 6.37. The molecule has 0 unspecified atom stereocenters. The Morgan fingerprint density at radius 1 is 1.23 bits per heavy atom. The summed E-state index contributed by atoms with van der Waals surface area (Å²) in [5, 5.41) is 9.15. The molecule has 6 heteroatoms. The highest BCUT2D eigenvalue weighted by Crippen LogP contribution is 2.41. The molecule has 2 aliphatic rings. The van der Waals surface area contributed by atoms with Gasteiger partial charge in [-0.15, -0.1) is 0 Å². The zero-order valence-corrected chi connectivity index (χ0v) is 13.4. The summed E-state index contributed by atoms with van der Waals surface area (Å²) < 4.78 is 28.8. The maximum atomic E-state index is 12.3. The van der Waals surface area contributed by atoms with Crippen molar-refractivity contribution in [2.45, 2.75) is 44.6 Å². The van der Waals surface area contributed by atoms with Crippen molar-refractivity contribution in [1.82, 2.24) is 9.03 Å². The van der Waals surface area contributed by atoms with E-state index in [0.29, 0.717) is 24.6 Å². The lowest BCUT2D eigenvalue weighted by Crippen LogP contribution is -2.43. The lowest BCUT2D eigenvalue weighted by atomic mass is 10.0. The lowest BCUT2D eigenvalue weighted by molar-refractivity contribution is 0.341. The van der Waals surface area contributed by atoms with Crippen molar-refractivity contribution in [3.05, 3.63) is 34.9 Å². The van der Waals surface area contributed by atoms with Gasteiger partial charge in [-0.1, -0.05) is 18.6 Å². The number of nitrogens with zero attached hydrogens (tertiary/aromatic N) is 2. The first-order valence-electron chi connectivity index (χ1n) is 7.88. The van der Waals surface area contributed by atoms with E-state index in [9.17, 15) is 8.42 Å². The van der Waals surface area contributed by atoms with Crippen molar-refractivity contribution in [1.29, 1.82) is 5.26 Å². The third-order valence-electron chi connectivity index (χ3n) is 4.37. The summed E-state index contributed by atoms with van der Waals surface area (Å²) in [6.07, 6.45) is 5.22. The molecule has 1 saturated heterocycles. The molecule has 0 aromatic heterocycles. The van der Waals surface area contributed by atoms with E-state index in [1.54, 1.807) is 6.07 Å². The Hall–Kier alpha value is -1.42. The molecule has 1 heterocycles. The number of piperidine rings is 1. The minimum absolute atomic E-state index is 0.282. The van der Waals surface area contributed by atoms with E-state index in [-0.39, 0.29) is 6.54 Å². The van der Waals surface area contributed by atoms with Crippen molar-refractivity contribution in [2.75, 3.05) is 13.1 Å². The van der Waals surface area contributed by atoms with Gasteiger partial charge >= 0.3 is 0 Å². The smallest absolute Gasteiger partial charge is 0.198 e. The minimum atomic E-state index is -3.40. The Balaban J connectivity index is 1.68. The van der Waals surface area contributed by atoms with Crippen LogP contribution in [0.5, 0.6) is 0 Å². The molecule has 1 saturated carbocycles. The van der Waals surface area contributed by atoms with Gasteiger partial charge in [0.05, 0.1) is 11.6 Å². The van der Waals surface area contributed by atoms with Crippen LogP contribution in [0.1, 0.15) is 54.7 Å². The van der Waals surface area contributed by atoms with Crippen molar-refractivity contribution in [3.63, 3.8) is 0 Å². The molecule has 1 aliphatic carbocycles. The zero-order valence-electron chi connectivity index (χ0n) is 12.6. The average molecular weight is 319 g/mol. The predicted octanol–water partition coefficient (Wildman–Crippen LogP) is 2.26. The maximum absolute atomic E-state index is 12.3. The molecule has 3 rings (SSSR count). The second-order valence-corrected chi connectivity index (χ2v) is 7.85. The molecule has 1 aromatic carbocycles. The van der Waals surface area contributed by atoms with Crippen molar-refractivity contribution >= 4 is 10.2 Å². The highest BCUT2D eigenvalue weighted by Gasteiger charge is 2.27. The normalized spacial score (nSPS) is 19.8. The van der Waals surface area contributed by atoms with Crippen LogP contribution in [-0.2, 0) is 16.8 Å². The Morgan fingerprint density at radius 2 is 1.95 bits per heavy atom. The van der Waals surface area contributed by atoms with Crippen LogP contribution in [0.4, 0.5) is 0 Å². The topological polar surface area (TPSA) is 73.2 Å². The monoisotopic (exact) mass is 319 g/mol. The van der Waals surface area contributed by atoms with E-state index < -0.39 is 10.2 Å². The van der Waals surface area contributed by atoms with Gasteiger partial charge in [0.1, 0.15) is 0 Å². The molecule has 1 aliphatic heterocycles. The molecule has 5 nitrogen and oxygen atoms in total. The summed E-state index contributed by atoms with van der Waals surface area (Å²) in [6, 6.07) is 7.84. The molecular formula is C16H21N3O2S. The van der Waals surface area contributed by atoms with E-state index in [4.69, 9.17) is 5.26 Å². The molecule has 1 aromatic rings. The van der Waals surface area contributed by atoms with Gasteiger partial charge in [0.2, 0.25) is 0 Å². The average Bonchev–Trinajstić information content (AvgIpc) is 3.38. The zero-order chi connectivity index (χ0) is 15.6. The third kappa shape index (κ3) is 3.49. The van der Waals surface area contributed by atoms with Crippen LogP contribution in [0.2, 0.25) is 0 Å². The molecule has 2 fully saturated rings. The standard InChI is InChI=1S/C16H21N3O2S/c17-11-15-5-4-13(10-16(15)14-6-7-14)12-18-22(20,21)19-8-2-1-3-9-19/h4-5,10,14,18H,1-3,6-9,12H2. The molecule has 0 atom stereocenters. The van der Waals surface area contributed by atoms with Crippen LogP contribution >= 0.6 is 0 Å². The second-order valence-electron chi connectivity index (χ2n) is 6.09. The first-order chi connectivity index (χ1) is 10.6. The Kier molecular flexibility index (Phi) is 4.48. The number of nitrogens with one attached hydrogen (secondary N) is 1. The van der Waals surface area contributed by atoms with Gasteiger partial charge in [-0.05, 0) is 48.8 Å². The molecule has 0 amide bonds. The minimum Gasteiger partial charge on any atom is -0.198 e. The van der Waals surface area contributed by atoms with E-state index in [1.807, 2.05) is 12.1 Å². The van der Waals surface area contributed by atoms with Crippen LogP contribution in [0, 0.1) is 11.3 Å². The van der Waals surface area contributed by atoms with Crippen molar-refractivity contribution < 1.29 is 8.42 Å². The van der Waals surface area contributed by atoms with Gasteiger partial charge in [0.15, 0.2) is 0 Å². The van der Waals surface area contributed by atoms with Gasteiger partial charge in [-0.2, -0.15) is 22.7 Å². The van der Waals surface area contributed by atoms with Gasteiger partial charge in [-0.3, -0.25) is 0 Å². The summed E-state index contributed by atoms with van der Waals surface area (Å²) in [5.41, 5.74) is 2.70. The van der Waals surface area contributed by atoms with Crippen LogP contribution in [0.25, 0.3) is 0 Å². The number of nitriles is 1. The van der Waals surface area contributed by atoms with Crippen LogP contribution < -0.4 is 4.72 Å². The number of hydrogen-bond acceptors (Lipinski definition) is 3. The Labute approximate surface area is 132 Å². The fourth-order valence-electron chi connectivity index (χ4n) is 2.93. The fourth-order valence-corrected chi connectivity index (χ4v) is 4.20. The molecule has 0 spiro atoms. The lowest BCUT2D eigenvalue weighted by Gasteiger charge is -2.26. The highest BCUT2D eigenvalue weighted by atomic mass is 32.2. The maximum Gasteiger partial charge on any atom is 0.279 e. The van der Waals surface area contributed by atoms with Gasteiger partial charge < -0.3 is 0 Å². The van der Waals surface area contributed by atoms with E-state index >= 15 is 0 Å². The van der Waals surface area contributed by atoms with Gasteiger partial charge in [-0.25, -0.2) is 0 Å². The Morgan fingerprint density at radius 3 is 2.59 bits per heavy atom. The quantitative estimate of drug-likeness (QED) is 0.904. The molecule has 0 radical (unpaired) electrons. The number of benzene rings is 1. The SMILES string of the molecule is N#Cc1ccc(CNS(=O)(=O)N2CCCCC2)cc1C1CC1. The predicted molar refractivity (Wildman–Crippen MR) is 84.3 cm³/mol. The molecule has 22 heavy (non-hydrogen) atoms. The van der Waals surface area contributed by atoms with Crippen LogP contribution in [-0.4, -0.2) is 25.8 Å². The van der Waals surface area contributed by atoms with Crippen LogP contribution in [0.15, 0.2) is 18.2 Å². The van der Waals surface area contributed by atoms with Gasteiger partial charge in [0.25, 0.3) is 10.2 Å². The largest absolute Gasteiger partial charge is 0.279 e. The van der Waals surface area contributed by atoms with E-state index in [0.717, 1.165) is 43.2 Å². The molecule has 0 bridgehead atoms. The van der Waals surface area contributed by atoms with E-state index in [2.05, 4.69) is 10.8 Å². The first-order valence-corrected chi connectivity index (χ1v) is 9.32. The molecule has 118 valence electrons. The highest BCUT2D eigenvalue weighted by molar-refractivity contribution is 7.87. The summed E-state index contributed by atoms with van der Waals surface area (Å²) >= 11 is 0. The number of rotatable bonds is 5. The van der Waals surface area contributed by atoms with Crippen molar-refractivity contribution in [2.24, 2.45) is 0 Å². The summed E-state index contributed by atoms with van der Waals surface area (Å²) in [4.78, 5) is 0. The summed E-state index contributed by atoms with van der Waals surface area (Å²) in [7, 11) is -3.40. The van der Waals surface area contributed by atoms with E-state index in [1.165, 1.54) is 4.31 Å². The first kappa shape index (κ1) is 15.5. The third-order valence-corrected chi connectivity index (χ3v) is 5.92. The summed E-state index contributed by atoms with van der Waals surface area (Å²) in [6.45, 7) is 1.50. The van der Waals surface area contributed by atoms with Crippen LogP contribution in [0.3, 0.4) is 0 Å². The summed E-state index contributed by atoms with van der Waals surface area (Å²) in [5.74, 6) is 0.480. The van der Waals surface area contributed by atoms with Gasteiger partial charge in [0, 0.05) is 19.6 Å². The number of hydrogen-bond donors (Lipinski definition) is 1. The molecule has 1 N–H and O–H groups in total.